The maximum absolute atomic E-state index is 12.9. The quantitative estimate of drug-likeness (QED) is 0.439. The molecule has 1 saturated carbocycles. The van der Waals surface area contributed by atoms with E-state index in [0.717, 1.165) is 11.3 Å². The minimum atomic E-state index is -0.795. The number of rotatable bonds is 10. The highest BCUT2D eigenvalue weighted by Gasteiger charge is 2.40. The number of amides is 1. The van der Waals surface area contributed by atoms with E-state index < -0.39 is 5.60 Å². The monoisotopic (exact) mass is 442 g/mol. The Balaban J connectivity index is 1.68. The molecule has 3 aromatic rings. The van der Waals surface area contributed by atoms with Crippen LogP contribution in [0, 0.1) is 6.92 Å². The summed E-state index contributed by atoms with van der Waals surface area (Å²) in [5, 5.41) is 12.8. The predicted octanol–water partition coefficient (Wildman–Crippen LogP) is 0.867. The van der Waals surface area contributed by atoms with E-state index in [2.05, 4.69) is 25.3 Å². The Morgan fingerprint density at radius 3 is 2.78 bits per heavy atom. The van der Waals surface area contributed by atoms with Gasteiger partial charge in [-0.2, -0.15) is 4.98 Å². The molecule has 1 fully saturated rings. The summed E-state index contributed by atoms with van der Waals surface area (Å²) < 4.78 is 17.7. The molecule has 4 rings (SSSR count). The molecular weight excluding hydrogens is 416 g/mol. The Kier molecular flexibility index (Phi) is 6.19. The molecule has 0 aromatic carbocycles. The number of methoxy groups -OCH3 is 2. The first-order chi connectivity index (χ1) is 15.4. The average Bonchev–Trinajstić information content (AvgIpc) is 3.43. The number of aliphatic hydroxyl groups is 1. The fourth-order valence-corrected chi connectivity index (χ4v) is 3.27. The average molecular weight is 442 g/mol. The van der Waals surface area contributed by atoms with Crippen LogP contribution in [0.1, 0.15) is 34.5 Å². The first-order valence-corrected chi connectivity index (χ1v) is 10.3. The third-order valence-electron chi connectivity index (χ3n) is 5.39. The third-order valence-corrected chi connectivity index (χ3v) is 5.39. The van der Waals surface area contributed by atoms with Gasteiger partial charge in [-0.25, -0.2) is 15.0 Å². The first-order valence-electron chi connectivity index (χ1n) is 10.3. The van der Waals surface area contributed by atoms with E-state index in [0.29, 0.717) is 61.1 Å². The molecular formula is C21H26N6O5. The zero-order valence-corrected chi connectivity index (χ0v) is 18.3. The SMILES string of the molecule is COCCOc1cnc2c(C(=O)NCC3(O)CC3)cn(Cc3ncnc(OC)c3C)c2n1. The van der Waals surface area contributed by atoms with Crippen LogP contribution in [0.3, 0.4) is 0 Å². The van der Waals surface area contributed by atoms with Crippen LogP contribution in [0.2, 0.25) is 0 Å². The van der Waals surface area contributed by atoms with E-state index in [-0.39, 0.29) is 12.5 Å². The molecule has 2 N–H and O–H groups in total. The number of hydrogen-bond acceptors (Lipinski definition) is 9. The second-order valence-corrected chi connectivity index (χ2v) is 7.75. The van der Waals surface area contributed by atoms with E-state index in [1.165, 1.54) is 12.5 Å². The Bertz CT molecular complexity index is 1130. The fourth-order valence-electron chi connectivity index (χ4n) is 3.27. The lowest BCUT2D eigenvalue weighted by molar-refractivity contribution is 0.0897. The fraction of sp³-hybridized carbons (Fsp3) is 0.476. The van der Waals surface area contributed by atoms with Crippen LogP contribution in [-0.4, -0.2) is 75.1 Å². The van der Waals surface area contributed by atoms with Gasteiger partial charge in [-0.1, -0.05) is 0 Å². The molecule has 0 atom stereocenters. The molecule has 1 aliphatic carbocycles. The van der Waals surface area contributed by atoms with Crippen LogP contribution >= 0.6 is 0 Å². The summed E-state index contributed by atoms with van der Waals surface area (Å²) in [5.41, 5.74) is 1.99. The smallest absolute Gasteiger partial charge is 0.255 e. The van der Waals surface area contributed by atoms with Gasteiger partial charge < -0.3 is 29.2 Å². The number of carbonyl (C=O) groups excluding carboxylic acids is 1. The van der Waals surface area contributed by atoms with Gasteiger partial charge in [0.2, 0.25) is 11.8 Å². The number of hydrogen-bond donors (Lipinski definition) is 2. The third kappa shape index (κ3) is 4.63. The predicted molar refractivity (Wildman–Crippen MR) is 114 cm³/mol. The summed E-state index contributed by atoms with van der Waals surface area (Å²) in [6, 6.07) is 0. The summed E-state index contributed by atoms with van der Waals surface area (Å²) in [6.45, 7) is 3.14. The molecule has 3 heterocycles. The number of ether oxygens (including phenoxy) is 3. The van der Waals surface area contributed by atoms with Crippen molar-refractivity contribution >= 4 is 17.1 Å². The summed E-state index contributed by atoms with van der Waals surface area (Å²) in [4.78, 5) is 30.3. The van der Waals surface area contributed by atoms with Crippen molar-refractivity contribution in [2.24, 2.45) is 0 Å². The van der Waals surface area contributed by atoms with Crippen molar-refractivity contribution in [3.63, 3.8) is 0 Å². The summed E-state index contributed by atoms with van der Waals surface area (Å²) in [7, 11) is 3.14. The number of fused-ring (bicyclic) bond motifs is 1. The molecule has 0 bridgehead atoms. The molecule has 3 aromatic heterocycles. The molecule has 11 heteroatoms. The van der Waals surface area contributed by atoms with Crippen molar-refractivity contribution in [2.75, 3.05) is 34.0 Å². The van der Waals surface area contributed by atoms with Gasteiger partial charge in [0.1, 0.15) is 18.5 Å². The van der Waals surface area contributed by atoms with Gasteiger partial charge in [-0.3, -0.25) is 4.79 Å². The molecule has 0 aliphatic heterocycles. The molecule has 0 saturated heterocycles. The lowest BCUT2D eigenvalue weighted by atomic mass is 10.2. The number of nitrogens with zero attached hydrogens (tertiary/aromatic N) is 5. The van der Waals surface area contributed by atoms with Crippen LogP contribution < -0.4 is 14.8 Å². The minimum Gasteiger partial charge on any atom is -0.481 e. The van der Waals surface area contributed by atoms with Crippen molar-refractivity contribution in [2.45, 2.75) is 31.9 Å². The molecule has 0 unspecified atom stereocenters. The maximum atomic E-state index is 12.9. The van der Waals surface area contributed by atoms with Gasteiger partial charge >= 0.3 is 0 Å². The minimum absolute atomic E-state index is 0.201. The van der Waals surface area contributed by atoms with Crippen LogP contribution in [0.4, 0.5) is 0 Å². The molecule has 11 nitrogen and oxygen atoms in total. The van der Waals surface area contributed by atoms with Gasteiger partial charge in [0, 0.05) is 25.4 Å². The van der Waals surface area contributed by atoms with E-state index in [1.807, 2.05) is 6.92 Å². The second-order valence-electron chi connectivity index (χ2n) is 7.75. The number of aromatic nitrogens is 5. The van der Waals surface area contributed by atoms with E-state index in [4.69, 9.17) is 14.2 Å². The van der Waals surface area contributed by atoms with Crippen molar-refractivity contribution in [1.29, 1.82) is 0 Å². The van der Waals surface area contributed by atoms with Gasteiger partial charge in [-0.15, -0.1) is 0 Å². The molecule has 0 radical (unpaired) electrons. The second kappa shape index (κ2) is 9.05. The van der Waals surface area contributed by atoms with E-state index in [9.17, 15) is 9.90 Å². The zero-order valence-electron chi connectivity index (χ0n) is 18.3. The van der Waals surface area contributed by atoms with Gasteiger partial charge in [0.05, 0.1) is 43.3 Å². The summed E-state index contributed by atoms with van der Waals surface area (Å²) in [6.07, 6.45) is 5.97. The van der Waals surface area contributed by atoms with Crippen molar-refractivity contribution in [1.82, 2.24) is 29.8 Å². The zero-order chi connectivity index (χ0) is 22.7. The van der Waals surface area contributed by atoms with Gasteiger partial charge in [0.15, 0.2) is 5.65 Å². The van der Waals surface area contributed by atoms with Crippen LogP contribution in [-0.2, 0) is 11.3 Å². The van der Waals surface area contributed by atoms with E-state index >= 15 is 0 Å². The molecule has 1 aliphatic rings. The number of carbonyl (C=O) groups is 1. The van der Waals surface area contributed by atoms with Crippen molar-refractivity contribution in [3.05, 3.63) is 35.5 Å². The Morgan fingerprint density at radius 1 is 1.25 bits per heavy atom. The molecule has 170 valence electrons. The molecule has 1 amide bonds. The Morgan fingerprint density at radius 2 is 2.06 bits per heavy atom. The summed E-state index contributed by atoms with van der Waals surface area (Å²) in [5.74, 6) is 0.482. The first kappa shape index (κ1) is 21.9. The highest BCUT2D eigenvalue weighted by molar-refractivity contribution is 6.04. The standard InChI is InChI=1S/C21H26N6O5/c1-13-15(24-12-25-20(13)31-3)10-27-9-14(19(28)23-11-21(29)4-5-21)17-18(27)26-16(8-22-17)32-7-6-30-2/h8-9,12,29H,4-7,10-11H2,1-3H3,(H,23,28). The maximum Gasteiger partial charge on any atom is 0.255 e. The highest BCUT2D eigenvalue weighted by atomic mass is 16.5. The van der Waals surface area contributed by atoms with Crippen molar-refractivity contribution < 1.29 is 24.1 Å². The normalized spacial score (nSPS) is 14.4. The van der Waals surface area contributed by atoms with Gasteiger partial charge in [0.25, 0.3) is 5.91 Å². The lowest BCUT2D eigenvalue weighted by Gasteiger charge is -2.10. The molecule has 32 heavy (non-hydrogen) atoms. The van der Waals surface area contributed by atoms with Crippen LogP contribution in [0.5, 0.6) is 11.8 Å². The largest absolute Gasteiger partial charge is 0.481 e. The van der Waals surface area contributed by atoms with Crippen LogP contribution in [0.25, 0.3) is 11.2 Å². The van der Waals surface area contributed by atoms with E-state index in [1.54, 1.807) is 25.0 Å². The Labute approximate surface area is 184 Å². The number of nitrogens with one attached hydrogen (secondary N) is 1. The Hall–Kier alpha value is -3.31. The lowest BCUT2D eigenvalue weighted by Crippen LogP contribution is -2.33. The highest BCUT2D eigenvalue weighted by Crippen LogP contribution is 2.34. The topological polar surface area (TPSA) is 134 Å². The summed E-state index contributed by atoms with van der Waals surface area (Å²) >= 11 is 0. The molecule has 0 spiro atoms. The van der Waals surface area contributed by atoms with Crippen LogP contribution in [0.15, 0.2) is 18.7 Å². The van der Waals surface area contributed by atoms with Crippen molar-refractivity contribution in [3.8, 4) is 11.8 Å². The van der Waals surface area contributed by atoms with Gasteiger partial charge in [-0.05, 0) is 19.8 Å².